The molecule has 1 aliphatic heterocycles. The third-order valence-corrected chi connectivity index (χ3v) is 6.96. The van der Waals surface area contributed by atoms with Crippen molar-refractivity contribution in [1.82, 2.24) is 9.88 Å². The molecular formula is C32H29F2N3O4. The number of hydrogen-bond donors (Lipinski definition) is 1. The zero-order valence-electron chi connectivity index (χ0n) is 22.4. The van der Waals surface area contributed by atoms with Crippen molar-refractivity contribution in [3.8, 4) is 17.2 Å². The Balaban J connectivity index is 1.27. The predicted molar refractivity (Wildman–Crippen MR) is 150 cm³/mol. The fourth-order valence-corrected chi connectivity index (χ4v) is 4.90. The summed E-state index contributed by atoms with van der Waals surface area (Å²) in [6, 6.07) is 14.8. The van der Waals surface area contributed by atoms with Gasteiger partial charge in [0.05, 0.1) is 12.1 Å². The highest BCUT2D eigenvalue weighted by Gasteiger charge is 2.18. The number of aromatic nitrogens is 1. The van der Waals surface area contributed by atoms with Gasteiger partial charge in [-0.3, -0.25) is 9.78 Å². The van der Waals surface area contributed by atoms with Crippen LogP contribution in [-0.2, 0) is 17.6 Å². The van der Waals surface area contributed by atoms with Crippen LogP contribution in [0.5, 0.6) is 17.2 Å². The molecule has 0 bridgehead atoms. The maximum atomic E-state index is 14.9. The molecule has 7 nitrogen and oxygen atoms in total. The minimum atomic E-state index is -0.680. The first-order valence-electron chi connectivity index (χ1n) is 13.4. The third-order valence-electron chi connectivity index (χ3n) is 6.96. The molecule has 1 fully saturated rings. The van der Waals surface area contributed by atoms with Gasteiger partial charge in [0, 0.05) is 37.0 Å². The average molecular weight is 558 g/mol. The zero-order valence-corrected chi connectivity index (χ0v) is 22.4. The number of hydrogen-bond acceptors (Lipinski definition) is 6. The summed E-state index contributed by atoms with van der Waals surface area (Å²) in [4.78, 5) is 22.6. The highest BCUT2D eigenvalue weighted by atomic mass is 19.1. The molecular weight excluding hydrogens is 528 g/mol. The molecule has 1 saturated heterocycles. The van der Waals surface area contributed by atoms with Crippen LogP contribution in [0.2, 0.25) is 0 Å². The summed E-state index contributed by atoms with van der Waals surface area (Å²) >= 11 is 0. The second kappa shape index (κ2) is 12.9. The number of ether oxygens (including phenoxy) is 2. The summed E-state index contributed by atoms with van der Waals surface area (Å²) in [7, 11) is 0. The molecule has 3 aromatic carbocycles. The van der Waals surface area contributed by atoms with Gasteiger partial charge in [-0.2, -0.15) is 0 Å². The minimum absolute atomic E-state index is 0.0543. The number of ketones is 1. The molecule has 1 unspecified atom stereocenters. The van der Waals surface area contributed by atoms with Gasteiger partial charge in [-0.15, -0.1) is 0 Å². The van der Waals surface area contributed by atoms with Crippen LogP contribution in [0.4, 0.5) is 14.5 Å². The number of Topliss-reactive ketones (excluding diaryl/α,β-unsaturated/α-hetero) is 1. The van der Waals surface area contributed by atoms with Gasteiger partial charge in [-0.05, 0) is 73.5 Å². The molecule has 0 spiro atoms. The number of nitrogens with zero attached hydrogens (tertiary/aromatic N) is 3. The molecule has 1 aliphatic rings. The van der Waals surface area contributed by atoms with Gasteiger partial charge in [0.2, 0.25) is 5.69 Å². The normalized spacial score (nSPS) is 14.1. The lowest BCUT2D eigenvalue weighted by molar-refractivity contribution is -0.117. The predicted octanol–water partition coefficient (Wildman–Crippen LogP) is 6.05. The van der Waals surface area contributed by atoms with E-state index in [1.54, 1.807) is 30.5 Å². The van der Waals surface area contributed by atoms with E-state index in [4.69, 9.17) is 16.0 Å². The van der Waals surface area contributed by atoms with Crippen molar-refractivity contribution < 1.29 is 28.2 Å². The number of halogens is 2. The Morgan fingerprint density at radius 1 is 1.02 bits per heavy atom. The molecule has 0 aliphatic carbocycles. The number of aliphatic hydroxyl groups is 1. The largest absolute Gasteiger partial charge is 0.502 e. The monoisotopic (exact) mass is 557 g/mol. The summed E-state index contributed by atoms with van der Waals surface area (Å²) < 4.78 is 39.8. The van der Waals surface area contributed by atoms with E-state index in [2.05, 4.69) is 14.7 Å². The summed E-state index contributed by atoms with van der Waals surface area (Å²) in [6.45, 7) is 10.1. The Morgan fingerprint density at radius 2 is 1.80 bits per heavy atom. The van der Waals surface area contributed by atoms with Crippen LogP contribution in [0.1, 0.15) is 24.0 Å². The molecule has 2 heterocycles. The van der Waals surface area contributed by atoms with Crippen molar-refractivity contribution in [2.24, 2.45) is 0 Å². The summed E-state index contributed by atoms with van der Waals surface area (Å²) in [5.41, 5.74) is 1.65. The van der Waals surface area contributed by atoms with Gasteiger partial charge >= 0.3 is 0 Å². The lowest BCUT2D eigenvalue weighted by Crippen LogP contribution is -2.33. The van der Waals surface area contributed by atoms with E-state index in [-0.39, 0.29) is 48.0 Å². The second-order valence-corrected chi connectivity index (χ2v) is 10.1. The molecule has 4 aromatic rings. The SMILES string of the molecule is [C-]#[N+]c1cc2c(Oc3ccc(CC(=O)Cc4ccc(F)cc4)c(F)c3)ccnc2cc1OCC(O)CN1CCCC1. The molecule has 1 atom stereocenters. The molecule has 1 N–H and O–H groups in total. The van der Waals surface area contributed by atoms with Crippen molar-refractivity contribution in [3.05, 3.63) is 101 Å². The van der Waals surface area contributed by atoms with E-state index in [0.717, 1.165) is 25.9 Å². The Morgan fingerprint density at radius 3 is 2.54 bits per heavy atom. The van der Waals surface area contributed by atoms with Crippen LogP contribution in [0, 0.1) is 18.2 Å². The van der Waals surface area contributed by atoms with Crippen LogP contribution in [0.25, 0.3) is 15.7 Å². The smallest absolute Gasteiger partial charge is 0.229 e. The fourth-order valence-electron chi connectivity index (χ4n) is 4.90. The molecule has 9 heteroatoms. The Hall–Kier alpha value is -4.39. The molecule has 5 rings (SSSR count). The number of likely N-dealkylation sites (tertiary alicyclic amines) is 1. The second-order valence-electron chi connectivity index (χ2n) is 10.1. The Kier molecular flexibility index (Phi) is 8.82. The number of carbonyl (C=O) groups is 1. The molecule has 1 aromatic heterocycles. The quantitative estimate of drug-likeness (QED) is 0.227. The van der Waals surface area contributed by atoms with Crippen LogP contribution in [0.15, 0.2) is 66.9 Å². The van der Waals surface area contributed by atoms with E-state index in [0.29, 0.717) is 34.5 Å². The number of rotatable bonds is 11. The van der Waals surface area contributed by atoms with Crippen molar-refractivity contribution in [1.29, 1.82) is 0 Å². The lowest BCUT2D eigenvalue weighted by atomic mass is 10.0. The van der Waals surface area contributed by atoms with Gasteiger partial charge in [0.25, 0.3) is 0 Å². The van der Waals surface area contributed by atoms with E-state index in [9.17, 15) is 18.7 Å². The molecule has 0 amide bonds. The van der Waals surface area contributed by atoms with Crippen molar-refractivity contribution in [2.45, 2.75) is 31.8 Å². The Bertz CT molecular complexity index is 1580. The molecule has 41 heavy (non-hydrogen) atoms. The maximum Gasteiger partial charge on any atom is 0.229 e. The summed E-state index contributed by atoms with van der Waals surface area (Å²) in [5, 5.41) is 10.9. The number of carbonyl (C=O) groups excluding carboxylic acids is 1. The molecule has 210 valence electrons. The molecule has 0 radical (unpaired) electrons. The molecule has 0 saturated carbocycles. The van der Waals surface area contributed by atoms with Gasteiger partial charge in [-0.25, -0.2) is 13.6 Å². The average Bonchev–Trinajstić information content (AvgIpc) is 3.47. The van der Waals surface area contributed by atoms with Gasteiger partial charge in [0.1, 0.15) is 47.4 Å². The first-order chi connectivity index (χ1) is 19.9. The van der Waals surface area contributed by atoms with Gasteiger partial charge in [0.15, 0.2) is 0 Å². The highest BCUT2D eigenvalue weighted by molar-refractivity contribution is 5.91. The number of pyridine rings is 1. The lowest BCUT2D eigenvalue weighted by Gasteiger charge is -2.20. The number of β-amino-alcohol motifs (C(OH)–C–C–N with tert-alkyl or cyclic N) is 1. The number of benzene rings is 3. The first kappa shape index (κ1) is 28.1. The number of fused-ring (bicyclic) bond motifs is 1. The summed E-state index contributed by atoms with van der Waals surface area (Å²) in [6.07, 6.45) is 3.09. The van der Waals surface area contributed by atoms with E-state index >= 15 is 0 Å². The standard InChI is InChI=1S/C32H29F2N3O4/c1-35-30-17-27-29(18-32(30)40-20-25(39)19-37-12-2-3-13-37)36-11-10-31(27)41-26-9-6-22(28(34)16-26)15-24(38)14-21-4-7-23(33)8-5-21/h4-11,16-18,25,39H,2-3,12-15,19-20H2. The van der Waals surface area contributed by atoms with E-state index in [1.165, 1.54) is 36.4 Å². The van der Waals surface area contributed by atoms with Gasteiger partial charge < -0.3 is 19.5 Å². The van der Waals surface area contributed by atoms with E-state index < -0.39 is 11.9 Å². The van der Waals surface area contributed by atoms with Crippen LogP contribution >= 0.6 is 0 Å². The van der Waals surface area contributed by atoms with Crippen LogP contribution < -0.4 is 9.47 Å². The first-order valence-corrected chi connectivity index (χ1v) is 13.4. The van der Waals surface area contributed by atoms with Crippen molar-refractivity contribution >= 4 is 22.4 Å². The minimum Gasteiger partial charge on any atom is -0.502 e. The zero-order chi connectivity index (χ0) is 28.8. The summed E-state index contributed by atoms with van der Waals surface area (Å²) in [5.74, 6) is -0.249. The number of aliphatic hydroxyl groups excluding tert-OH is 1. The maximum absolute atomic E-state index is 14.9. The van der Waals surface area contributed by atoms with Crippen molar-refractivity contribution in [3.63, 3.8) is 0 Å². The highest BCUT2D eigenvalue weighted by Crippen LogP contribution is 2.37. The van der Waals surface area contributed by atoms with Crippen LogP contribution in [-0.4, -0.2) is 53.1 Å². The third kappa shape index (κ3) is 7.23. The Labute approximate surface area is 236 Å². The topological polar surface area (TPSA) is 76.2 Å². The van der Waals surface area contributed by atoms with E-state index in [1.807, 2.05) is 0 Å². The van der Waals surface area contributed by atoms with Gasteiger partial charge in [-0.1, -0.05) is 18.2 Å². The van der Waals surface area contributed by atoms with Crippen LogP contribution in [0.3, 0.4) is 0 Å². The fraction of sp³-hybridized carbons (Fsp3) is 0.281. The van der Waals surface area contributed by atoms with Crippen molar-refractivity contribution in [2.75, 3.05) is 26.2 Å².